The molecule has 1 aliphatic rings. The van der Waals surface area contributed by atoms with Gasteiger partial charge in [-0.05, 0) is 31.7 Å². The Bertz CT molecular complexity index is 1180. The summed E-state index contributed by atoms with van der Waals surface area (Å²) in [7, 11) is 3.80. The van der Waals surface area contributed by atoms with Crippen molar-refractivity contribution in [2.45, 2.75) is 26.4 Å². The van der Waals surface area contributed by atoms with Crippen LogP contribution in [-0.2, 0) is 26.6 Å². The lowest BCUT2D eigenvalue weighted by atomic mass is 10.1. The summed E-state index contributed by atoms with van der Waals surface area (Å²) in [5.41, 5.74) is 3.44. The van der Waals surface area contributed by atoms with E-state index >= 15 is 0 Å². The van der Waals surface area contributed by atoms with Gasteiger partial charge in [0.15, 0.2) is 5.82 Å². The summed E-state index contributed by atoms with van der Waals surface area (Å²) in [5.74, 6) is 1.31. The topological polar surface area (TPSA) is 97.2 Å². The van der Waals surface area contributed by atoms with Gasteiger partial charge >= 0.3 is 0 Å². The van der Waals surface area contributed by atoms with Gasteiger partial charge in [0.1, 0.15) is 10.7 Å². The van der Waals surface area contributed by atoms with Crippen LogP contribution in [0.15, 0.2) is 35.4 Å². The molecule has 0 aliphatic carbocycles. The number of halogens is 1. The Morgan fingerprint density at radius 1 is 1.28 bits per heavy atom. The molecule has 0 saturated carbocycles. The Labute approximate surface area is 191 Å². The first-order chi connectivity index (χ1) is 15.4. The van der Waals surface area contributed by atoms with Gasteiger partial charge in [0.2, 0.25) is 11.8 Å². The number of ether oxygens (including phenoxy) is 1. The van der Waals surface area contributed by atoms with Gasteiger partial charge in [0.05, 0.1) is 18.5 Å². The Balaban J connectivity index is 1.58. The Hall–Kier alpha value is -3.17. The van der Waals surface area contributed by atoms with E-state index in [9.17, 15) is 4.79 Å². The maximum atomic E-state index is 12.2. The highest BCUT2D eigenvalue weighted by atomic mass is 35.5. The van der Waals surface area contributed by atoms with Gasteiger partial charge in [0, 0.05) is 44.9 Å². The number of nitrogens with one attached hydrogen (secondary N) is 2. The van der Waals surface area contributed by atoms with E-state index in [0.29, 0.717) is 47.1 Å². The molecule has 3 aromatic heterocycles. The minimum absolute atomic E-state index is 0.0741. The average Bonchev–Trinajstić information content (AvgIpc) is 2.77. The molecule has 9 nitrogen and oxygen atoms in total. The van der Waals surface area contributed by atoms with Gasteiger partial charge in [-0.3, -0.25) is 4.79 Å². The van der Waals surface area contributed by atoms with Crippen molar-refractivity contribution >= 4 is 29.1 Å². The number of anilines is 3. The molecule has 168 valence electrons. The molecule has 0 saturated heterocycles. The van der Waals surface area contributed by atoms with Gasteiger partial charge < -0.3 is 24.8 Å². The highest BCUT2D eigenvalue weighted by Crippen LogP contribution is 2.31. The summed E-state index contributed by atoms with van der Waals surface area (Å²) in [6.07, 6.45) is 4.12. The van der Waals surface area contributed by atoms with Crippen LogP contribution in [-0.4, -0.2) is 44.6 Å². The van der Waals surface area contributed by atoms with E-state index in [1.807, 2.05) is 19.1 Å². The Morgan fingerprint density at radius 3 is 2.94 bits per heavy atom. The molecule has 2 N–H and O–H groups in total. The van der Waals surface area contributed by atoms with E-state index in [2.05, 4.69) is 32.5 Å². The number of aryl methyl sites for hydroxylation is 1. The number of pyridine rings is 2. The van der Waals surface area contributed by atoms with Crippen molar-refractivity contribution in [1.29, 1.82) is 0 Å². The molecule has 3 aromatic rings. The first-order valence-electron chi connectivity index (χ1n) is 10.5. The van der Waals surface area contributed by atoms with Crippen LogP contribution >= 0.6 is 11.6 Å². The number of nitrogens with zero attached hydrogens (tertiary/aromatic N) is 5. The van der Waals surface area contributed by atoms with Crippen LogP contribution in [0.1, 0.15) is 23.7 Å². The lowest BCUT2D eigenvalue weighted by Gasteiger charge is -2.25. The molecule has 0 radical (unpaired) electrons. The van der Waals surface area contributed by atoms with Crippen molar-refractivity contribution < 1.29 is 4.74 Å². The maximum absolute atomic E-state index is 12.2. The zero-order chi connectivity index (χ0) is 22.7. The highest BCUT2D eigenvalue weighted by molar-refractivity contribution is 6.32. The van der Waals surface area contributed by atoms with Crippen molar-refractivity contribution in [2.75, 3.05) is 30.8 Å². The first-order valence-corrected chi connectivity index (χ1v) is 10.8. The maximum Gasteiger partial charge on any atom is 0.255 e. The predicted molar refractivity (Wildman–Crippen MR) is 125 cm³/mol. The molecular formula is C22H26ClN7O2. The fraction of sp³-hybridized carbons (Fsp3) is 0.364. The standard InChI is InChI=1S/C22H26ClN7O2/c1-4-32-20-18(10-15-13-29(2)9-7-17(15)26-20)27-22-25-12-16(23)19(28-22)24-11-14-6-5-8-30(3)21(14)31/h5-6,8,10,12H,4,7,9,11,13H2,1-3H3,(H2,24,25,27,28). The molecule has 0 amide bonds. The highest BCUT2D eigenvalue weighted by Gasteiger charge is 2.19. The largest absolute Gasteiger partial charge is 0.476 e. The van der Waals surface area contributed by atoms with Gasteiger partial charge in [-0.2, -0.15) is 4.98 Å². The predicted octanol–water partition coefficient (Wildman–Crippen LogP) is 2.97. The molecule has 0 bridgehead atoms. The van der Waals surface area contributed by atoms with E-state index < -0.39 is 0 Å². The second kappa shape index (κ2) is 9.54. The van der Waals surface area contributed by atoms with Crippen LogP contribution < -0.4 is 20.9 Å². The van der Waals surface area contributed by atoms with Crippen molar-refractivity contribution in [3.8, 4) is 5.88 Å². The average molecular weight is 456 g/mol. The van der Waals surface area contributed by atoms with Gasteiger partial charge in [-0.1, -0.05) is 17.7 Å². The molecule has 10 heteroatoms. The molecule has 0 fully saturated rings. The molecule has 0 atom stereocenters. The summed E-state index contributed by atoms with van der Waals surface area (Å²) in [6.45, 7) is 4.51. The van der Waals surface area contributed by atoms with Crippen molar-refractivity contribution in [1.82, 2.24) is 24.4 Å². The Morgan fingerprint density at radius 2 is 2.12 bits per heavy atom. The van der Waals surface area contributed by atoms with E-state index in [4.69, 9.17) is 21.3 Å². The monoisotopic (exact) mass is 455 g/mol. The van der Waals surface area contributed by atoms with Gasteiger partial charge in [0.25, 0.3) is 5.56 Å². The number of hydrogen-bond donors (Lipinski definition) is 2. The molecule has 4 heterocycles. The fourth-order valence-electron chi connectivity index (χ4n) is 3.57. The van der Waals surface area contributed by atoms with Crippen molar-refractivity contribution in [3.63, 3.8) is 0 Å². The van der Waals surface area contributed by atoms with Crippen LogP contribution in [0, 0.1) is 0 Å². The normalized spacial score (nSPS) is 13.5. The van der Waals surface area contributed by atoms with Crippen LogP contribution in [0.3, 0.4) is 0 Å². The number of aromatic nitrogens is 4. The van der Waals surface area contributed by atoms with E-state index in [1.165, 1.54) is 10.8 Å². The number of rotatable bonds is 7. The van der Waals surface area contributed by atoms with Crippen molar-refractivity contribution in [3.05, 3.63) is 62.8 Å². The van der Waals surface area contributed by atoms with E-state index in [-0.39, 0.29) is 5.56 Å². The first kappa shape index (κ1) is 22.0. The Kier molecular flexibility index (Phi) is 6.57. The van der Waals surface area contributed by atoms with Crippen LogP contribution in [0.4, 0.5) is 17.5 Å². The third-order valence-corrected chi connectivity index (χ3v) is 5.52. The molecular weight excluding hydrogens is 430 g/mol. The summed E-state index contributed by atoms with van der Waals surface area (Å²) in [5, 5.41) is 6.70. The number of hydrogen-bond acceptors (Lipinski definition) is 8. The summed E-state index contributed by atoms with van der Waals surface area (Å²) in [4.78, 5) is 28.0. The summed E-state index contributed by atoms with van der Waals surface area (Å²) >= 11 is 6.29. The van der Waals surface area contributed by atoms with E-state index in [0.717, 1.165) is 30.8 Å². The lowest BCUT2D eigenvalue weighted by molar-refractivity contribution is 0.301. The number of fused-ring (bicyclic) bond motifs is 1. The minimum atomic E-state index is -0.0741. The third-order valence-electron chi connectivity index (χ3n) is 5.25. The summed E-state index contributed by atoms with van der Waals surface area (Å²) < 4.78 is 7.29. The zero-order valence-electron chi connectivity index (χ0n) is 18.4. The second-order valence-electron chi connectivity index (χ2n) is 7.69. The smallest absolute Gasteiger partial charge is 0.255 e. The van der Waals surface area contributed by atoms with E-state index in [1.54, 1.807) is 19.3 Å². The van der Waals surface area contributed by atoms with Crippen LogP contribution in [0.5, 0.6) is 5.88 Å². The molecule has 1 aliphatic heterocycles. The molecule has 0 spiro atoms. The summed E-state index contributed by atoms with van der Waals surface area (Å²) in [6, 6.07) is 5.64. The zero-order valence-corrected chi connectivity index (χ0v) is 19.1. The minimum Gasteiger partial charge on any atom is -0.476 e. The number of likely N-dealkylation sites (N-methyl/N-ethyl adjacent to an activating group) is 1. The molecule has 0 aromatic carbocycles. The molecule has 4 rings (SSSR count). The molecule has 0 unspecified atom stereocenters. The van der Waals surface area contributed by atoms with Gasteiger partial charge in [-0.15, -0.1) is 0 Å². The van der Waals surface area contributed by atoms with Crippen molar-refractivity contribution in [2.24, 2.45) is 7.05 Å². The second-order valence-corrected chi connectivity index (χ2v) is 8.09. The fourth-order valence-corrected chi connectivity index (χ4v) is 3.73. The SMILES string of the molecule is CCOc1nc2c(cc1Nc1ncc(Cl)c(NCc3cccn(C)c3=O)n1)CN(C)CC2. The van der Waals surface area contributed by atoms with Crippen LogP contribution in [0.2, 0.25) is 5.02 Å². The molecule has 32 heavy (non-hydrogen) atoms. The quantitative estimate of drug-likeness (QED) is 0.561. The lowest BCUT2D eigenvalue weighted by Crippen LogP contribution is -2.27. The third kappa shape index (κ3) is 4.84. The van der Waals surface area contributed by atoms with Crippen LogP contribution in [0.25, 0.3) is 0 Å². The van der Waals surface area contributed by atoms with Gasteiger partial charge in [-0.25, -0.2) is 9.97 Å².